The van der Waals surface area contributed by atoms with Gasteiger partial charge in [0.25, 0.3) is 0 Å². The molecule has 0 N–H and O–H groups in total. The third-order valence-electron chi connectivity index (χ3n) is 15.7. The molecule has 0 aliphatic carbocycles. The average molecular weight is 1140 g/mol. The van der Waals surface area contributed by atoms with Gasteiger partial charge >= 0.3 is 17.9 Å². The van der Waals surface area contributed by atoms with Crippen LogP contribution < -0.4 is 0 Å². The molecule has 0 spiro atoms. The van der Waals surface area contributed by atoms with Crippen LogP contribution in [0.5, 0.6) is 0 Å². The van der Waals surface area contributed by atoms with Gasteiger partial charge in [0.05, 0.1) is 0 Å². The van der Waals surface area contributed by atoms with Gasteiger partial charge in [-0.2, -0.15) is 0 Å². The molecule has 1 unspecified atom stereocenters. The van der Waals surface area contributed by atoms with E-state index >= 15 is 0 Å². The van der Waals surface area contributed by atoms with Crippen LogP contribution in [0.15, 0.2) is 85.1 Å². The summed E-state index contributed by atoms with van der Waals surface area (Å²) < 4.78 is 17.0. The lowest BCUT2D eigenvalue weighted by molar-refractivity contribution is -0.167. The molecule has 0 aromatic rings. The number of ether oxygens (including phenoxy) is 3. The predicted molar refractivity (Wildman–Crippen MR) is 358 cm³/mol. The van der Waals surface area contributed by atoms with Gasteiger partial charge in [0, 0.05) is 19.3 Å². The predicted octanol–water partition coefficient (Wildman–Crippen LogP) is 24.6. The van der Waals surface area contributed by atoms with E-state index in [-0.39, 0.29) is 31.1 Å². The molecule has 0 amide bonds. The van der Waals surface area contributed by atoms with Crippen LogP contribution in [0.2, 0.25) is 0 Å². The highest BCUT2D eigenvalue weighted by atomic mass is 16.6. The molecule has 0 fully saturated rings. The second-order valence-corrected chi connectivity index (χ2v) is 23.8. The Morgan fingerprint density at radius 3 is 0.744 bits per heavy atom. The normalized spacial score (nSPS) is 12.6. The SMILES string of the molecule is CC/C=C\C/C=C\C/C=C\C/C=C\C/C=C\C/C=C\C/C=C\CCCCCCCCCCCCCC(=O)OCC(COC(=O)CCCCCCCCCCCCCCCCC)OC(=O)CCCCCCCCCCCCCCCCCC. The number of carbonyl (C=O) groups is 3. The van der Waals surface area contributed by atoms with Gasteiger partial charge in [-0.3, -0.25) is 14.4 Å². The molecule has 474 valence electrons. The Balaban J connectivity index is 4.22. The Bertz CT molecular complexity index is 1550. The summed E-state index contributed by atoms with van der Waals surface area (Å²) in [6.07, 6.45) is 93.2. The van der Waals surface area contributed by atoms with Crippen LogP contribution >= 0.6 is 0 Å². The highest BCUT2D eigenvalue weighted by Gasteiger charge is 2.19. The smallest absolute Gasteiger partial charge is 0.306 e. The van der Waals surface area contributed by atoms with Gasteiger partial charge in [-0.25, -0.2) is 0 Å². The van der Waals surface area contributed by atoms with E-state index in [9.17, 15) is 14.4 Å². The van der Waals surface area contributed by atoms with Crippen molar-refractivity contribution < 1.29 is 28.6 Å². The quantitative estimate of drug-likeness (QED) is 0.0261. The van der Waals surface area contributed by atoms with Crippen molar-refractivity contribution in [2.45, 2.75) is 367 Å². The van der Waals surface area contributed by atoms with E-state index in [1.807, 2.05) is 0 Å². The maximum absolute atomic E-state index is 12.9. The Morgan fingerprint density at radius 2 is 0.476 bits per heavy atom. The number of hydrogen-bond donors (Lipinski definition) is 0. The van der Waals surface area contributed by atoms with Crippen LogP contribution in [0.4, 0.5) is 0 Å². The van der Waals surface area contributed by atoms with E-state index in [2.05, 4.69) is 106 Å². The van der Waals surface area contributed by atoms with Crippen molar-refractivity contribution in [3.8, 4) is 0 Å². The molecule has 0 aromatic carbocycles. The molecule has 0 bridgehead atoms. The fraction of sp³-hybridized carbons (Fsp3) is 0.776. The molecule has 82 heavy (non-hydrogen) atoms. The Kier molecular flexibility index (Phi) is 67.2. The van der Waals surface area contributed by atoms with E-state index in [4.69, 9.17) is 14.2 Å². The van der Waals surface area contributed by atoms with Crippen molar-refractivity contribution in [1.82, 2.24) is 0 Å². The Morgan fingerprint density at radius 1 is 0.256 bits per heavy atom. The van der Waals surface area contributed by atoms with E-state index in [1.54, 1.807) is 0 Å². The summed E-state index contributed by atoms with van der Waals surface area (Å²) in [6, 6.07) is 0. The van der Waals surface area contributed by atoms with E-state index < -0.39 is 6.10 Å². The second kappa shape index (κ2) is 70.1. The topological polar surface area (TPSA) is 78.9 Å². The Hall–Kier alpha value is -3.41. The number of unbranched alkanes of at least 4 members (excludes halogenated alkanes) is 40. The van der Waals surface area contributed by atoms with Gasteiger partial charge in [0.15, 0.2) is 6.10 Å². The van der Waals surface area contributed by atoms with Crippen LogP contribution in [0.1, 0.15) is 361 Å². The molecule has 6 heteroatoms. The van der Waals surface area contributed by atoms with Gasteiger partial charge in [0.1, 0.15) is 13.2 Å². The van der Waals surface area contributed by atoms with Crippen LogP contribution in [-0.2, 0) is 28.6 Å². The van der Waals surface area contributed by atoms with Crippen molar-refractivity contribution in [2.75, 3.05) is 13.2 Å². The minimum absolute atomic E-state index is 0.0702. The number of rotatable bonds is 65. The lowest BCUT2D eigenvalue weighted by Crippen LogP contribution is -2.30. The van der Waals surface area contributed by atoms with Crippen LogP contribution in [0.3, 0.4) is 0 Å². The maximum Gasteiger partial charge on any atom is 0.306 e. The van der Waals surface area contributed by atoms with Crippen molar-refractivity contribution in [3.05, 3.63) is 85.1 Å². The van der Waals surface area contributed by atoms with Crippen molar-refractivity contribution in [2.24, 2.45) is 0 Å². The monoisotopic (exact) mass is 1140 g/mol. The summed E-state index contributed by atoms with van der Waals surface area (Å²) in [5.74, 6) is -0.850. The molecule has 0 heterocycles. The summed E-state index contributed by atoms with van der Waals surface area (Å²) in [7, 11) is 0. The number of carbonyl (C=O) groups excluding carboxylic acids is 3. The van der Waals surface area contributed by atoms with Gasteiger partial charge in [0.2, 0.25) is 0 Å². The Labute approximate surface area is 509 Å². The fourth-order valence-electron chi connectivity index (χ4n) is 10.4. The molecule has 0 aromatic heterocycles. The summed E-state index contributed by atoms with van der Waals surface area (Å²) >= 11 is 0. The van der Waals surface area contributed by atoms with E-state index in [1.165, 1.54) is 218 Å². The molecule has 0 saturated heterocycles. The lowest BCUT2D eigenvalue weighted by atomic mass is 10.0. The second-order valence-electron chi connectivity index (χ2n) is 23.8. The third kappa shape index (κ3) is 67.4. The first-order chi connectivity index (χ1) is 40.5. The highest BCUT2D eigenvalue weighted by Crippen LogP contribution is 2.18. The largest absolute Gasteiger partial charge is 0.462 e. The minimum Gasteiger partial charge on any atom is -0.462 e. The van der Waals surface area contributed by atoms with Crippen molar-refractivity contribution in [1.29, 1.82) is 0 Å². The zero-order chi connectivity index (χ0) is 59.2. The number of allylic oxidation sites excluding steroid dienone is 14. The fourth-order valence-corrected chi connectivity index (χ4v) is 10.4. The zero-order valence-corrected chi connectivity index (χ0v) is 54.5. The van der Waals surface area contributed by atoms with E-state index in [0.29, 0.717) is 19.3 Å². The highest BCUT2D eigenvalue weighted by molar-refractivity contribution is 5.71. The van der Waals surface area contributed by atoms with Gasteiger partial charge < -0.3 is 14.2 Å². The number of hydrogen-bond acceptors (Lipinski definition) is 6. The summed E-state index contributed by atoms with van der Waals surface area (Å²) in [4.78, 5) is 38.4. The number of esters is 3. The summed E-state index contributed by atoms with van der Waals surface area (Å²) in [6.45, 7) is 6.58. The molecular weight excluding hydrogens is 1010 g/mol. The van der Waals surface area contributed by atoms with E-state index in [0.717, 1.165) is 103 Å². The molecule has 0 aliphatic heterocycles. The first-order valence-electron chi connectivity index (χ1n) is 35.6. The molecule has 0 rings (SSSR count). The van der Waals surface area contributed by atoms with Gasteiger partial charge in [-0.05, 0) is 77.0 Å². The minimum atomic E-state index is -0.774. The maximum atomic E-state index is 12.9. The molecule has 0 saturated carbocycles. The molecule has 1 atom stereocenters. The lowest BCUT2D eigenvalue weighted by Gasteiger charge is -2.18. The van der Waals surface area contributed by atoms with Crippen LogP contribution in [-0.4, -0.2) is 37.2 Å². The van der Waals surface area contributed by atoms with Crippen molar-refractivity contribution >= 4 is 17.9 Å². The molecule has 0 radical (unpaired) electrons. The molecular formula is C76H134O6. The average Bonchev–Trinajstić information content (AvgIpc) is 3.47. The first-order valence-corrected chi connectivity index (χ1v) is 35.6. The molecule has 0 aliphatic rings. The molecule has 6 nitrogen and oxygen atoms in total. The standard InChI is InChI=1S/C76H134O6/c1-4-7-10-13-16-19-22-25-28-30-31-32-33-34-35-36-37-38-39-40-41-42-43-44-45-46-49-51-54-57-60-63-66-69-75(78)81-72-73(71-80-74(77)68-65-62-59-56-53-50-47-27-24-21-18-15-12-9-6-3)82-76(79)70-67-64-61-58-55-52-48-29-26-23-20-17-14-11-8-5-2/h7,10,16,19,25,28,31-32,34-35,37-38,40-41,73H,4-6,8-9,11-15,17-18,20-24,26-27,29-30,33,36,39,42-72H2,1-3H3/b10-7-,19-16-,28-25-,32-31-,35-34-,38-37-,41-40-. The van der Waals surface area contributed by atoms with Crippen LogP contribution in [0.25, 0.3) is 0 Å². The third-order valence-corrected chi connectivity index (χ3v) is 15.7. The van der Waals surface area contributed by atoms with Crippen molar-refractivity contribution in [3.63, 3.8) is 0 Å². The van der Waals surface area contributed by atoms with Gasteiger partial charge in [-0.1, -0.05) is 350 Å². The van der Waals surface area contributed by atoms with Gasteiger partial charge in [-0.15, -0.1) is 0 Å². The summed E-state index contributed by atoms with van der Waals surface area (Å²) in [5.41, 5.74) is 0. The van der Waals surface area contributed by atoms with Crippen LogP contribution in [0, 0.1) is 0 Å². The zero-order valence-electron chi connectivity index (χ0n) is 54.5. The summed E-state index contributed by atoms with van der Waals surface area (Å²) in [5, 5.41) is 0. The first kappa shape index (κ1) is 78.6.